The molecule has 0 unspecified atom stereocenters. The van der Waals surface area contributed by atoms with Crippen LogP contribution in [0.25, 0.3) is 10.4 Å². The van der Waals surface area contributed by atoms with Crippen LogP contribution in [0, 0.1) is 6.92 Å². The van der Waals surface area contributed by atoms with Gasteiger partial charge in [0.05, 0.1) is 12.0 Å². The van der Waals surface area contributed by atoms with E-state index in [1.165, 1.54) is 29.8 Å². The van der Waals surface area contributed by atoms with Crippen LogP contribution in [0.15, 0.2) is 30.3 Å². The number of carbonyl (C=O) groups excluding carboxylic acids is 2. The number of thiazole rings is 2. The predicted molar refractivity (Wildman–Crippen MR) is 98.7 cm³/mol. The summed E-state index contributed by atoms with van der Waals surface area (Å²) in [6.45, 7) is 1.76. The third-order valence-electron chi connectivity index (χ3n) is 3.25. The lowest BCUT2D eigenvalue weighted by Gasteiger charge is -1.99. The molecule has 0 saturated heterocycles. The second-order valence-electron chi connectivity index (χ2n) is 4.88. The quantitative estimate of drug-likeness (QED) is 0.669. The number of nitrogens with zero attached hydrogens (tertiary/aromatic N) is 2. The minimum atomic E-state index is -0.566. The molecule has 2 heterocycles. The van der Waals surface area contributed by atoms with E-state index in [0.29, 0.717) is 14.2 Å². The molecule has 1 N–H and O–H groups in total. The first-order valence-electron chi connectivity index (χ1n) is 7.08. The zero-order valence-corrected chi connectivity index (χ0v) is 15.6. The first-order chi connectivity index (χ1) is 12.0. The summed E-state index contributed by atoms with van der Waals surface area (Å²) in [5.41, 5.74) is 1.21. The summed E-state index contributed by atoms with van der Waals surface area (Å²) in [5.74, 6) is -0.992. The van der Waals surface area contributed by atoms with Gasteiger partial charge in [0, 0.05) is 4.88 Å². The van der Waals surface area contributed by atoms with Crippen LogP contribution in [0.5, 0.6) is 0 Å². The molecule has 0 aliphatic heterocycles. The van der Waals surface area contributed by atoms with Gasteiger partial charge in [0.1, 0.15) is 5.69 Å². The van der Waals surface area contributed by atoms with Gasteiger partial charge in [-0.3, -0.25) is 10.1 Å². The number of esters is 1. The summed E-state index contributed by atoms with van der Waals surface area (Å²) in [4.78, 5) is 33.9. The number of hydrogen-bond acceptors (Lipinski definition) is 7. The van der Waals surface area contributed by atoms with Gasteiger partial charge in [-0.05, 0) is 12.5 Å². The van der Waals surface area contributed by atoms with Crippen LogP contribution in [0.1, 0.15) is 25.9 Å². The average molecular weight is 394 g/mol. The van der Waals surface area contributed by atoms with Crippen molar-refractivity contribution in [3.8, 4) is 10.4 Å². The second kappa shape index (κ2) is 7.30. The van der Waals surface area contributed by atoms with Crippen LogP contribution < -0.4 is 5.32 Å². The molecule has 0 radical (unpaired) electrons. The first-order valence-corrected chi connectivity index (χ1v) is 9.09. The Morgan fingerprint density at radius 2 is 1.84 bits per heavy atom. The number of carbonyl (C=O) groups is 2. The number of hydrogen-bond donors (Lipinski definition) is 1. The number of methoxy groups -OCH3 is 1. The van der Waals surface area contributed by atoms with E-state index >= 15 is 0 Å². The zero-order chi connectivity index (χ0) is 18.0. The highest BCUT2D eigenvalue weighted by molar-refractivity contribution is 7.19. The Morgan fingerprint density at radius 3 is 2.44 bits per heavy atom. The molecule has 6 nitrogen and oxygen atoms in total. The largest absolute Gasteiger partial charge is 0.464 e. The van der Waals surface area contributed by atoms with Gasteiger partial charge in [0.15, 0.2) is 15.3 Å². The summed E-state index contributed by atoms with van der Waals surface area (Å²) in [5, 5.41) is 2.95. The monoisotopic (exact) mass is 393 g/mol. The smallest absolute Gasteiger partial charge is 0.358 e. The maximum Gasteiger partial charge on any atom is 0.358 e. The minimum absolute atomic E-state index is 0.155. The molecule has 2 aromatic heterocycles. The molecule has 0 saturated carbocycles. The van der Waals surface area contributed by atoms with Gasteiger partial charge < -0.3 is 4.74 Å². The van der Waals surface area contributed by atoms with Crippen LogP contribution in [0.2, 0.25) is 4.47 Å². The van der Waals surface area contributed by atoms with Crippen molar-refractivity contribution < 1.29 is 14.3 Å². The van der Waals surface area contributed by atoms with Crippen LogP contribution in [0.3, 0.4) is 0 Å². The normalized spacial score (nSPS) is 10.5. The van der Waals surface area contributed by atoms with Crippen molar-refractivity contribution >= 4 is 51.3 Å². The molecule has 0 bridgehead atoms. The Kier molecular flexibility index (Phi) is 5.12. The molecule has 1 aromatic carbocycles. The molecule has 25 heavy (non-hydrogen) atoms. The number of benzene rings is 1. The summed E-state index contributed by atoms with van der Waals surface area (Å²) < 4.78 is 5.08. The molecular weight excluding hydrogens is 382 g/mol. The van der Waals surface area contributed by atoms with Crippen molar-refractivity contribution in [3.05, 3.63) is 51.1 Å². The number of aromatic nitrogens is 2. The van der Waals surface area contributed by atoms with Crippen LogP contribution in [-0.4, -0.2) is 29.0 Å². The number of amides is 1. The van der Waals surface area contributed by atoms with Crippen LogP contribution in [-0.2, 0) is 4.74 Å². The maximum absolute atomic E-state index is 12.4. The van der Waals surface area contributed by atoms with Crippen molar-refractivity contribution in [2.75, 3.05) is 12.4 Å². The van der Waals surface area contributed by atoms with Crippen LogP contribution in [0.4, 0.5) is 5.13 Å². The van der Waals surface area contributed by atoms with Crippen molar-refractivity contribution in [1.29, 1.82) is 0 Å². The van der Waals surface area contributed by atoms with Gasteiger partial charge in [-0.25, -0.2) is 14.8 Å². The number of anilines is 1. The summed E-state index contributed by atoms with van der Waals surface area (Å²) >= 11 is 8.25. The molecule has 3 rings (SSSR count). The molecule has 0 fully saturated rings. The van der Waals surface area contributed by atoms with Gasteiger partial charge in [0.25, 0.3) is 5.91 Å². The third-order valence-corrected chi connectivity index (χ3v) is 5.34. The van der Waals surface area contributed by atoms with Gasteiger partial charge in [-0.1, -0.05) is 53.3 Å². The molecule has 128 valence electrons. The highest BCUT2D eigenvalue weighted by atomic mass is 35.5. The Balaban J connectivity index is 1.95. The highest BCUT2D eigenvalue weighted by Gasteiger charge is 2.22. The van der Waals surface area contributed by atoms with Gasteiger partial charge in [-0.15, -0.1) is 11.3 Å². The molecular formula is C16H12ClN3O3S2. The zero-order valence-electron chi connectivity index (χ0n) is 13.2. The maximum atomic E-state index is 12.4. The van der Waals surface area contributed by atoms with Crippen molar-refractivity contribution in [2.45, 2.75) is 6.92 Å². The first kappa shape index (κ1) is 17.5. The third kappa shape index (κ3) is 3.71. The Labute approximate surface area is 156 Å². The lowest BCUT2D eigenvalue weighted by atomic mass is 10.1. The topological polar surface area (TPSA) is 81.2 Å². The van der Waals surface area contributed by atoms with E-state index in [1.54, 1.807) is 6.92 Å². The highest BCUT2D eigenvalue weighted by Crippen LogP contribution is 2.34. The minimum Gasteiger partial charge on any atom is -0.464 e. The lowest BCUT2D eigenvalue weighted by molar-refractivity contribution is 0.0595. The fraction of sp³-hybridized carbons (Fsp3) is 0.125. The summed E-state index contributed by atoms with van der Waals surface area (Å²) in [6, 6.07) is 9.30. The number of nitrogens with one attached hydrogen (secondary N) is 1. The van der Waals surface area contributed by atoms with Crippen molar-refractivity contribution in [3.63, 3.8) is 0 Å². The molecule has 0 aliphatic carbocycles. The predicted octanol–water partition coefficient (Wildman–Crippen LogP) is 4.27. The fourth-order valence-corrected chi connectivity index (χ4v) is 4.13. The van der Waals surface area contributed by atoms with Gasteiger partial charge in [0.2, 0.25) is 0 Å². The number of ether oxygens (including phenoxy) is 1. The van der Waals surface area contributed by atoms with Gasteiger partial charge in [-0.2, -0.15) is 0 Å². The molecule has 0 atom stereocenters. The standard InChI is InChI=1S/C16H12ClN3O3S2/c1-8-10(18-15(17)24-8)13(21)20-16-19-11(14(22)23-2)12(25-16)9-6-4-3-5-7-9/h3-7H,1-2H3,(H,19,20,21). The van der Waals surface area contributed by atoms with E-state index in [9.17, 15) is 9.59 Å². The molecule has 1 amide bonds. The lowest BCUT2D eigenvalue weighted by Crippen LogP contribution is -2.13. The second-order valence-corrected chi connectivity index (χ2v) is 7.66. The molecule has 9 heteroatoms. The van der Waals surface area contributed by atoms with E-state index in [2.05, 4.69) is 15.3 Å². The van der Waals surface area contributed by atoms with E-state index in [0.717, 1.165) is 5.56 Å². The fourth-order valence-electron chi connectivity index (χ4n) is 2.12. The number of halogens is 1. The SMILES string of the molecule is COC(=O)c1nc(NC(=O)c2nc(Cl)sc2C)sc1-c1ccccc1. The molecule has 0 aliphatic rings. The molecule has 3 aromatic rings. The van der Waals surface area contributed by atoms with Crippen molar-refractivity contribution in [1.82, 2.24) is 9.97 Å². The van der Waals surface area contributed by atoms with Gasteiger partial charge >= 0.3 is 5.97 Å². The summed E-state index contributed by atoms with van der Waals surface area (Å²) in [6.07, 6.45) is 0. The molecule has 0 spiro atoms. The van der Waals surface area contributed by atoms with E-state index < -0.39 is 11.9 Å². The summed E-state index contributed by atoms with van der Waals surface area (Å²) in [7, 11) is 1.29. The van der Waals surface area contributed by atoms with Crippen molar-refractivity contribution in [2.24, 2.45) is 0 Å². The Morgan fingerprint density at radius 1 is 1.12 bits per heavy atom. The van der Waals surface area contributed by atoms with E-state index in [-0.39, 0.29) is 16.5 Å². The Hall–Kier alpha value is -2.29. The number of aryl methyl sites for hydroxylation is 1. The Bertz CT molecular complexity index is 938. The van der Waals surface area contributed by atoms with E-state index in [1.807, 2.05) is 30.3 Å². The van der Waals surface area contributed by atoms with E-state index in [4.69, 9.17) is 16.3 Å². The number of rotatable bonds is 4. The average Bonchev–Trinajstić information content (AvgIpc) is 3.18. The van der Waals surface area contributed by atoms with Crippen LogP contribution >= 0.6 is 34.3 Å².